The third kappa shape index (κ3) is 4.88. The van der Waals surface area contributed by atoms with Crippen molar-refractivity contribution in [3.63, 3.8) is 0 Å². The predicted molar refractivity (Wildman–Crippen MR) is 136 cm³/mol. The minimum absolute atomic E-state index is 0.425. The summed E-state index contributed by atoms with van der Waals surface area (Å²) in [5, 5.41) is 1.60. The second-order valence-corrected chi connectivity index (χ2v) is 8.36. The highest BCUT2D eigenvalue weighted by atomic mass is 79.9. The van der Waals surface area contributed by atoms with Crippen LogP contribution in [0.3, 0.4) is 0 Å². The molecule has 1 atom stereocenters. The van der Waals surface area contributed by atoms with Crippen LogP contribution in [0.5, 0.6) is 23.0 Å². The molecule has 180 valence electrons. The number of rotatable bonds is 8. The molecule has 0 aliphatic rings. The lowest BCUT2D eigenvalue weighted by Gasteiger charge is -2.22. The summed E-state index contributed by atoms with van der Waals surface area (Å²) in [6, 6.07) is 17.9. The number of benzene rings is 3. The van der Waals surface area contributed by atoms with Crippen LogP contribution in [0.25, 0.3) is 10.8 Å². The van der Waals surface area contributed by atoms with Gasteiger partial charge < -0.3 is 23.7 Å². The molecular formula is C27H24BrNO6. The van der Waals surface area contributed by atoms with E-state index in [4.69, 9.17) is 23.7 Å². The summed E-state index contributed by atoms with van der Waals surface area (Å²) in [6.45, 7) is 0. The number of hydrogen-bond acceptors (Lipinski definition) is 7. The Bertz CT molecular complexity index is 1360. The predicted octanol–water partition coefficient (Wildman–Crippen LogP) is 5.98. The molecule has 0 unspecified atom stereocenters. The van der Waals surface area contributed by atoms with Crippen LogP contribution in [0.15, 0.2) is 71.3 Å². The van der Waals surface area contributed by atoms with Crippen LogP contribution in [0.4, 0.5) is 0 Å². The topological polar surface area (TPSA) is 76.1 Å². The molecule has 0 bridgehead atoms. The molecule has 1 aromatic heterocycles. The Morgan fingerprint density at radius 2 is 1.40 bits per heavy atom. The minimum atomic E-state index is -0.876. The first-order chi connectivity index (χ1) is 17.0. The Morgan fingerprint density at radius 3 is 2.06 bits per heavy atom. The van der Waals surface area contributed by atoms with Gasteiger partial charge in [-0.3, -0.25) is 4.98 Å². The van der Waals surface area contributed by atoms with Gasteiger partial charge in [0.1, 0.15) is 0 Å². The van der Waals surface area contributed by atoms with Crippen LogP contribution >= 0.6 is 15.9 Å². The summed E-state index contributed by atoms with van der Waals surface area (Å²) in [4.78, 5) is 17.8. The first-order valence-electron chi connectivity index (χ1n) is 10.7. The quantitative estimate of drug-likeness (QED) is 0.256. The van der Waals surface area contributed by atoms with Crippen molar-refractivity contribution >= 4 is 32.7 Å². The zero-order valence-electron chi connectivity index (χ0n) is 19.7. The molecule has 0 saturated carbocycles. The van der Waals surface area contributed by atoms with E-state index in [1.165, 1.54) is 0 Å². The Hall–Kier alpha value is -3.78. The average Bonchev–Trinajstić information content (AvgIpc) is 2.90. The zero-order valence-corrected chi connectivity index (χ0v) is 21.3. The van der Waals surface area contributed by atoms with E-state index < -0.39 is 12.1 Å². The summed E-state index contributed by atoms with van der Waals surface area (Å²) < 4.78 is 28.7. The fraction of sp³-hybridized carbons (Fsp3) is 0.185. The number of halogens is 1. The maximum absolute atomic E-state index is 13.2. The van der Waals surface area contributed by atoms with E-state index in [0.29, 0.717) is 44.3 Å². The smallest absolute Gasteiger partial charge is 0.339 e. The normalized spacial score (nSPS) is 11.6. The van der Waals surface area contributed by atoms with Crippen molar-refractivity contribution in [1.82, 2.24) is 4.98 Å². The molecule has 0 spiro atoms. The molecule has 35 heavy (non-hydrogen) atoms. The number of carbonyl (C=O) groups excluding carboxylic acids is 1. The van der Waals surface area contributed by atoms with Crippen LogP contribution in [-0.2, 0) is 4.74 Å². The van der Waals surface area contributed by atoms with Crippen LogP contribution in [0.2, 0.25) is 0 Å². The molecule has 8 heteroatoms. The Kier molecular flexibility index (Phi) is 7.41. The van der Waals surface area contributed by atoms with Gasteiger partial charge in [0.25, 0.3) is 0 Å². The number of nitrogens with zero attached hydrogens (tertiary/aromatic N) is 1. The van der Waals surface area contributed by atoms with Gasteiger partial charge in [0.2, 0.25) is 0 Å². The maximum atomic E-state index is 13.2. The van der Waals surface area contributed by atoms with Gasteiger partial charge in [0.15, 0.2) is 29.1 Å². The molecule has 0 amide bonds. The molecule has 4 rings (SSSR count). The van der Waals surface area contributed by atoms with E-state index in [0.717, 1.165) is 10.8 Å². The van der Waals surface area contributed by atoms with Crippen molar-refractivity contribution in [1.29, 1.82) is 0 Å². The van der Waals surface area contributed by atoms with Gasteiger partial charge in [-0.05, 0) is 47.9 Å². The number of esters is 1. The average molecular weight is 538 g/mol. The number of fused-ring (bicyclic) bond motifs is 1. The Morgan fingerprint density at radius 1 is 0.800 bits per heavy atom. The molecule has 4 aromatic rings. The van der Waals surface area contributed by atoms with Gasteiger partial charge in [0, 0.05) is 21.6 Å². The van der Waals surface area contributed by atoms with E-state index in [-0.39, 0.29) is 0 Å². The number of aromatic nitrogens is 1. The van der Waals surface area contributed by atoms with Crippen LogP contribution in [0, 0.1) is 0 Å². The van der Waals surface area contributed by atoms with Gasteiger partial charge in [-0.25, -0.2) is 4.79 Å². The Labute approximate surface area is 211 Å². The highest BCUT2D eigenvalue weighted by molar-refractivity contribution is 9.10. The van der Waals surface area contributed by atoms with Crippen molar-refractivity contribution in [3.8, 4) is 23.0 Å². The molecular weight excluding hydrogens is 514 g/mol. The molecule has 0 saturated heterocycles. The number of hydrogen-bond donors (Lipinski definition) is 0. The van der Waals surface area contributed by atoms with Crippen molar-refractivity contribution in [3.05, 3.63) is 88.2 Å². The number of methoxy groups -OCH3 is 4. The fourth-order valence-electron chi connectivity index (χ4n) is 3.82. The molecule has 1 heterocycles. The van der Waals surface area contributed by atoms with Crippen LogP contribution in [0.1, 0.15) is 27.7 Å². The van der Waals surface area contributed by atoms with E-state index in [1.807, 2.05) is 24.3 Å². The van der Waals surface area contributed by atoms with Gasteiger partial charge >= 0.3 is 5.97 Å². The first kappa shape index (κ1) is 24.3. The largest absolute Gasteiger partial charge is 0.493 e. The third-order valence-electron chi connectivity index (χ3n) is 5.57. The third-order valence-corrected chi connectivity index (χ3v) is 6.25. The summed E-state index contributed by atoms with van der Waals surface area (Å²) in [7, 11) is 6.26. The summed E-state index contributed by atoms with van der Waals surface area (Å²) in [5.41, 5.74) is 1.59. The second kappa shape index (κ2) is 10.7. The monoisotopic (exact) mass is 537 g/mol. The van der Waals surface area contributed by atoms with Crippen molar-refractivity contribution in [2.75, 3.05) is 28.4 Å². The lowest BCUT2D eigenvalue weighted by Crippen LogP contribution is -2.15. The fourth-order valence-corrected chi connectivity index (χ4v) is 4.35. The van der Waals surface area contributed by atoms with Gasteiger partial charge in [-0.15, -0.1) is 0 Å². The molecule has 7 nitrogen and oxygen atoms in total. The van der Waals surface area contributed by atoms with Crippen LogP contribution < -0.4 is 18.9 Å². The molecule has 0 aliphatic carbocycles. The first-order valence-corrected chi connectivity index (χ1v) is 11.5. The van der Waals surface area contributed by atoms with E-state index in [2.05, 4.69) is 20.9 Å². The summed E-state index contributed by atoms with van der Waals surface area (Å²) >= 11 is 3.61. The van der Waals surface area contributed by atoms with E-state index in [9.17, 15) is 4.79 Å². The SMILES string of the molecule is COc1cc(Br)c([C@H](OC(=O)c2ccccc2)c2nccc3cc(OC)c(OC)cc23)cc1OC. The minimum Gasteiger partial charge on any atom is -0.493 e. The zero-order chi connectivity index (χ0) is 24.9. The highest BCUT2D eigenvalue weighted by Gasteiger charge is 2.28. The standard InChI is InChI=1S/C27H24BrNO6/c1-31-21-12-17-10-11-29-25(18(17)13-22(21)32-2)26(35-27(30)16-8-6-5-7-9-16)19-14-23(33-3)24(34-4)15-20(19)28/h5-15,26H,1-4H3/t26-/m0/s1. The summed E-state index contributed by atoms with van der Waals surface area (Å²) in [6.07, 6.45) is 0.792. The van der Waals surface area contributed by atoms with Crippen LogP contribution in [-0.4, -0.2) is 39.4 Å². The number of ether oxygens (including phenoxy) is 5. The second-order valence-electron chi connectivity index (χ2n) is 7.50. The number of pyridine rings is 1. The molecule has 0 aliphatic heterocycles. The lowest BCUT2D eigenvalue weighted by atomic mass is 9.99. The molecule has 0 fully saturated rings. The van der Waals surface area contributed by atoms with Crippen molar-refractivity contribution in [2.45, 2.75) is 6.10 Å². The van der Waals surface area contributed by atoms with Gasteiger partial charge in [-0.2, -0.15) is 0 Å². The van der Waals surface area contributed by atoms with E-state index in [1.54, 1.807) is 71.0 Å². The maximum Gasteiger partial charge on any atom is 0.339 e. The van der Waals surface area contributed by atoms with E-state index >= 15 is 0 Å². The molecule has 0 N–H and O–H groups in total. The molecule has 3 aromatic carbocycles. The lowest BCUT2D eigenvalue weighted by molar-refractivity contribution is 0.0372. The van der Waals surface area contributed by atoms with Crippen molar-refractivity contribution in [2.24, 2.45) is 0 Å². The highest BCUT2D eigenvalue weighted by Crippen LogP contribution is 2.42. The number of carbonyl (C=O) groups is 1. The Balaban J connectivity index is 1.94. The summed E-state index contributed by atoms with van der Waals surface area (Å²) in [5.74, 6) is 1.66. The van der Waals surface area contributed by atoms with Gasteiger partial charge in [-0.1, -0.05) is 34.1 Å². The van der Waals surface area contributed by atoms with Crippen molar-refractivity contribution < 1.29 is 28.5 Å². The molecule has 0 radical (unpaired) electrons. The van der Waals surface area contributed by atoms with Gasteiger partial charge in [0.05, 0.1) is 39.7 Å².